The largest absolute Gasteiger partial charge is 0.459 e. The van der Waals surface area contributed by atoms with Gasteiger partial charge >= 0.3 is 6.01 Å². The Hall–Kier alpha value is -1.70. The highest BCUT2D eigenvalue weighted by Crippen LogP contribution is 2.23. The number of aromatic nitrogens is 2. The summed E-state index contributed by atoms with van der Waals surface area (Å²) in [4.78, 5) is 8.34. The highest BCUT2D eigenvalue weighted by atomic mass is 35.5. The van der Waals surface area contributed by atoms with Crippen LogP contribution in [0, 0.1) is 0 Å². The first-order valence-electron chi connectivity index (χ1n) is 8.72. The monoisotopic (exact) mass is 395 g/mol. The molecule has 1 unspecified atom stereocenters. The van der Waals surface area contributed by atoms with E-state index in [0.717, 1.165) is 31.2 Å². The molecule has 1 atom stereocenters. The van der Waals surface area contributed by atoms with Gasteiger partial charge < -0.3 is 4.74 Å². The molecular weight excluding hydrogens is 374 g/mol. The second-order valence-corrected chi connectivity index (χ2v) is 8.70. The van der Waals surface area contributed by atoms with Gasteiger partial charge in [-0.15, -0.1) is 0 Å². The quantitative estimate of drug-likeness (QED) is 0.750. The number of sulfonamides is 1. The Morgan fingerprint density at radius 1 is 1.23 bits per heavy atom. The van der Waals surface area contributed by atoms with Crippen LogP contribution in [-0.2, 0) is 16.4 Å². The summed E-state index contributed by atoms with van der Waals surface area (Å²) in [6.07, 6.45) is 6.10. The molecule has 1 aliphatic heterocycles. The molecule has 3 rings (SSSR count). The second-order valence-electron chi connectivity index (χ2n) is 6.32. The molecule has 2 heterocycles. The summed E-state index contributed by atoms with van der Waals surface area (Å²) in [5.41, 5.74) is 1.14. The van der Waals surface area contributed by atoms with Gasteiger partial charge in [0, 0.05) is 6.54 Å². The summed E-state index contributed by atoms with van der Waals surface area (Å²) in [6, 6.07) is 7.36. The van der Waals surface area contributed by atoms with Gasteiger partial charge in [0.15, 0.2) is 0 Å². The number of piperidine rings is 1. The van der Waals surface area contributed by atoms with Gasteiger partial charge in [-0.2, -0.15) is 4.31 Å². The third kappa shape index (κ3) is 4.52. The smallest absolute Gasteiger partial charge is 0.316 e. The molecule has 26 heavy (non-hydrogen) atoms. The number of halogens is 1. The maximum atomic E-state index is 12.9. The lowest BCUT2D eigenvalue weighted by atomic mass is 10.1. The molecule has 0 saturated carbocycles. The average Bonchev–Trinajstić information content (AvgIpc) is 2.65. The van der Waals surface area contributed by atoms with Crippen molar-refractivity contribution in [2.45, 2.75) is 43.6 Å². The van der Waals surface area contributed by atoms with Gasteiger partial charge in [-0.25, -0.2) is 18.4 Å². The lowest BCUT2D eigenvalue weighted by Gasteiger charge is -2.31. The van der Waals surface area contributed by atoms with Gasteiger partial charge in [0.25, 0.3) is 0 Å². The van der Waals surface area contributed by atoms with Crippen LogP contribution >= 0.6 is 11.6 Å². The van der Waals surface area contributed by atoms with Crippen molar-refractivity contribution in [2.24, 2.45) is 0 Å². The number of benzene rings is 1. The Kier molecular flexibility index (Phi) is 6.11. The molecule has 6 nitrogen and oxygen atoms in total. The van der Waals surface area contributed by atoms with Crippen molar-refractivity contribution in [1.29, 1.82) is 0 Å². The topological polar surface area (TPSA) is 72.4 Å². The molecule has 0 amide bonds. The van der Waals surface area contributed by atoms with E-state index in [1.54, 1.807) is 12.1 Å². The molecule has 0 N–H and O–H groups in total. The zero-order valence-corrected chi connectivity index (χ0v) is 16.2. The van der Waals surface area contributed by atoms with E-state index in [9.17, 15) is 8.42 Å². The molecule has 0 spiro atoms. The van der Waals surface area contributed by atoms with E-state index in [-0.39, 0.29) is 18.7 Å². The molecule has 1 fully saturated rings. The van der Waals surface area contributed by atoms with Crippen molar-refractivity contribution in [3.63, 3.8) is 0 Å². The summed E-state index contributed by atoms with van der Waals surface area (Å²) in [6.45, 7) is 2.87. The maximum Gasteiger partial charge on any atom is 0.316 e. The van der Waals surface area contributed by atoms with Gasteiger partial charge in [0.2, 0.25) is 10.0 Å². The average molecular weight is 396 g/mol. The van der Waals surface area contributed by atoms with E-state index < -0.39 is 10.0 Å². The summed E-state index contributed by atoms with van der Waals surface area (Å²) in [5.74, 6) is 0. The van der Waals surface area contributed by atoms with Crippen LogP contribution in [0.4, 0.5) is 0 Å². The van der Waals surface area contributed by atoms with Crippen LogP contribution in [-0.4, -0.2) is 41.9 Å². The van der Waals surface area contributed by atoms with Crippen molar-refractivity contribution in [2.75, 3.05) is 13.1 Å². The Morgan fingerprint density at radius 3 is 2.58 bits per heavy atom. The molecule has 0 bridgehead atoms. The predicted octanol–water partition coefficient (Wildman–Crippen LogP) is 3.31. The lowest BCUT2D eigenvalue weighted by Crippen LogP contribution is -2.44. The fraction of sp³-hybridized carbons (Fsp3) is 0.444. The van der Waals surface area contributed by atoms with Crippen LogP contribution in [0.5, 0.6) is 6.01 Å². The van der Waals surface area contributed by atoms with Crippen LogP contribution in [0.2, 0.25) is 5.02 Å². The minimum atomic E-state index is -3.53. The first-order valence-corrected chi connectivity index (χ1v) is 10.5. The molecular formula is C18H22ClN3O3S. The number of rotatable bonds is 6. The van der Waals surface area contributed by atoms with Crippen LogP contribution in [0.1, 0.15) is 31.7 Å². The molecule has 1 saturated heterocycles. The summed E-state index contributed by atoms with van der Waals surface area (Å²) in [7, 11) is -3.53. The molecule has 2 aromatic rings. The lowest BCUT2D eigenvalue weighted by molar-refractivity contribution is 0.119. The number of hydrogen-bond acceptors (Lipinski definition) is 5. The molecule has 0 aliphatic carbocycles. The SMILES string of the molecule is CCCc1ccc(S(=O)(=O)N2CCCC(Oc3ncc(Cl)cn3)C2)cc1. The minimum absolute atomic E-state index is 0.211. The molecule has 1 aromatic carbocycles. The first-order chi connectivity index (χ1) is 12.5. The fourth-order valence-corrected chi connectivity index (χ4v) is 4.60. The summed E-state index contributed by atoms with van der Waals surface area (Å²) >= 11 is 5.77. The fourth-order valence-electron chi connectivity index (χ4n) is 3.00. The number of hydrogen-bond donors (Lipinski definition) is 0. The first kappa shape index (κ1) is 19.1. The van der Waals surface area contributed by atoms with E-state index in [2.05, 4.69) is 16.9 Å². The zero-order valence-electron chi connectivity index (χ0n) is 14.6. The van der Waals surface area contributed by atoms with Crippen LogP contribution in [0.3, 0.4) is 0 Å². The third-order valence-corrected chi connectivity index (χ3v) is 6.38. The Bertz CT molecular complexity index is 826. The normalized spacial score (nSPS) is 18.6. The molecule has 140 valence electrons. The molecule has 8 heteroatoms. The number of aryl methyl sites for hydroxylation is 1. The van der Waals surface area contributed by atoms with E-state index in [1.165, 1.54) is 16.7 Å². The Labute approximate surface area is 159 Å². The number of nitrogens with zero attached hydrogens (tertiary/aromatic N) is 3. The minimum Gasteiger partial charge on any atom is -0.459 e. The van der Waals surface area contributed by atoms with Gasteiger partial charge in [-0.3, -0.25) is 0 Å². The van der Waals surface area contributed by atoms with E-state index >= 15 is 0 Å². The zero-order chi connectivity index (χ0) is 18.6. The highest BCUT2D eigenvalue weighted by Gasteiger charge is 2.31. The van der Waals surface area contributed by atoms with Crippen LogP contribution < -0.4 is 4.74 Å². The molecule has 1 aliphatic rings. The Balaban J connectivity index is 1.70. The van der Waals surface area contributed by atoms with Gasteiger partial charge in [0.1, 0.15) is 6.10 Å². The predicted molar refractivity (Wildman–Crippen MR) is 99.9 cm³/mol. The number of ether oxygens (including phenoxy) is 1. The second kappa shape index (κ2) is 8.33. The van der Waals surface area contributed by atoms with Gasteiger partial charge in [0.05, 0.1) is 28.9 Å². The van der Waals surface area contributed by atoms with Crippen molar-refractivity contribution in [3.05, 3.63) is 47.2 Å². The van der Waals surface area contributed by atoms with Crippen molar-refractivity contribution >= 4 is 21.6 Å². The van der Waals surface area contributed by atoms with Crippen LogP contribution in [0.25, 0.3) is 0 Å². The van der Waals surface area contributed by atoms with Gasteiger partial charge in [-0.05, 0) is 37.0 Å². The summed E-state index contributed by atoms with van der Waals surface area (Å²) in [5, 5.41) is 0.428. The molecule has 0 radical (unpaired) electrons. The van der Waals surface area contributed by atoms with Gasteiger partial charge in [-0.1, -0.05) is 37.1 Å². The van der Waals surface area contributed by atoms with E-state index in [4.69, 9.17) is 16.3 Å². The highest BCUT2D eigenvalue weighted by molar-refractivity contribution is 7.89. The van der Waals surface area contributed by atoms with Crippen LogP contribution in [0.15, 0.2) is 41.6 Å². The van der Waals surface area contributed by atoms with E-state index in [1.807, 2.05) is 12.1 Å². The van der Waals surface area contributed by atoms with Crippen molar-refractivity contribution in [1.82, 2.24) is 14.3 Å². The van der Waals surface area contributed by atoms with E-state index in [0.29, 0.717) is 16.5 Å². The van der Waals surface area contributed by atoms with Crippen molar-refractivity contribution in [3.8, 4) is 6.01 Å². The Morgan fingerprint density at radius 2 is 1.92 bits per heavy atom. The molecule has 1 aromatic heterocycles. The maximum absolute atomic E-state index is 12.9. The summed E-state index contributed by atoms with van der Waals surface area (Å²) < 4.78 is 33.1. The van der Waals surface area contributed by atoms with Crippen molar-refractivity contribution < 1.29 is 13.2 Å². The standard InChI is InChI=1S/C18H22ClN3O3S/c1-2-4-14-6-8-17(9-7-14)26(23,24)22-10-3-5-16(13-22)25-18-20-11-15(19)12-21-18/h6-9,11-12,16H,2-5,10,13H2,1H3. The third-order valence-electron chi connectivity index (χ3n) is 4.31.